The van der Waals surface area contributed by atoms with Crippen molar-refractivity contribution in [1.82, 2.24) is 0 Å². The first-order chi connectivity index (χ1) is 13.5. The molecule has 1 fully saturated rings. The highest BCUT2D eigenvalue weighted by molar-refractivity contribution is 6.07. The lowest BCUT2D eigenvalue weighted by Crippen LogP contribution is -2.40. The van der Waals surface area contributed by atoms with Crippen molar-refractivity contribution in [3.05, 3.63) is 40.1 Å². The summed E-state index contributed by atoms with van der Waals surface area (Å²) in [7, 11) is 4.41. The maximum absolute atomic E-state index is 12.6. The normalized spacial score (nSPS) is 15.1. The number of nitrogens with two attached hydrogens (primary N) is 1. The number of hydrogen-bond acceptors (Lipinski definition) is 8. The molecule has 158 valence electrons. The Bertz CT molecular complexity index is 844. The Labute approximate surface area is 168 Å². The van der Waals surface area contributed by atoms with Crippen LogP contribution in [0.2, 0.25) is 0 Å². The number of carbonyl (C=O) groups is 2. The minimum Gasteiger partial charge on any atom is -0.493 e. The highest BCUT2D eigenvalue weighted by Gasteiger charge is 2.39. The number of allylic oxidation sites excluding steroid dienone is 1. The summed E-state index contributed by atoms with van der Waals surface area (Å²) in [6.45, 7) is 2.05. The number of methoxy groups -OCH3 is 1. The molecule has 1 aliphatic rings. The molecule has 10 nitrogen and oxygen atoms in total. The molecule has 0 aliphatic heterocycles. The molecule has 0 unspecified atom stereocenters. The average Bonchev–Trinajstić information content (AvgIpc) is 3.41. The molecule has 10 heteroatoms. The van der Waals surface area contributed by atoms with Gasteiger partial charge in [0, 0.05) is 12.1 Å². The summed E-state index contributed by atoms with van der Waals surface area (Å²) in [6, 6.07) is 2.40. The second kappa shape index (κ2) is 8.58. The monoisotopic (exact) mass is 408 g/mol. The van der Waals surface area contributed by atoms with Gasteiger partial charge in [-0.25, -0.2) is 4.48 Å². The molecule has 0 bridgehead atoms. The third-order valence-corrected chi connectivity index (χ3v) is 4.49. The summed E-state index contributed by atoms with van der Waals surface area (Å²) in [5.41, 5.74) is 4.94. The van der Waals surface area contributed by atoms with Crippen molar-refractivity contribution >= 4 is 17.6 Å². The van der Waals surface area contributed by atoms with Crippen LogP contribution in [0.15, 0.2) is 24.4 Å². The summed E-state index contributed by atoms with van der Waals surface area (Å²) < 4.78 is 15.4. The van der Waals surface area contributed by atoms with E-state index in [0.717, 1.165) is 25.0 Å². The molecule has 0 radical (unpaired) electrons. The van der Waals surface area contributed by atoms with Crippen LogP contribution in [0.3, 0.4) is 0 Å². The lowest BCUT2D eigenvalue weighted by atomic mass is 10.1. The van der Waals surface area contributed by atoms with Crippen molar-refractivity contribution in [3.8, 4) is 11.5 Å². The summed E-state index contributed by atoms with van der Waals surface area (Å²) >= 11 is 0. The van der Waals surface area contributed by atoms with Crippen LogP contribution in [0.5, 0.6) is 11.5 Å². The Balaban J connectivity index is 2.32. The van der Waals surface area contributed by atoms with E-state index in [0.29, 0.717) is 0 Å². The van der Waals surface area contributed by atoms with Crippen molar-refractivity contribution < 1.29 is 33.2 Å². The fourth-order valence-corrected chi connectivity index (χ4v) is 2.39. The molecule has 1 aromatic rings. The lowest BCUT2D eigenvalue weighted by molar-refractivity contribution is -0.762. The Morgan fingerprint density at radius 3 is 2.48 bits per heavy atom. The predicted octanol–water partition coefficient (Wildman–Crippen LogP) is 2.40. The second-order valence-corrected chi connectivity index (χ2v) is 7.35. The number of nitro groups is 1. The molecule has 2 rings (SSSR count). The number of amides is 1. The molecule has 0 spiro atoms. The Morgan fingerprint density at radius 2 is 1.97 bits per heavy atom. The molecule has 0 aromatic heterocycles. The van der Waals surface area contributed by atoms with E-state index in [-0.39, 0.29) is 34.8 Å². The van der Waals surface area contributed by atoms with Gasteiger partial charge in [0.2, 0.25) is 0 Å². The molecular weight excluding hydrogens is 382 g/mol. The zero-order valence-electron chi connectivity index (χ0n) is 17.0. The van der Waals surface area contributed by atoms with Crippen LogP contribution >= 0.6 is 0 Å². The van der Waals surface area contributed by atoms with Gasteiger partial charge in [0.25, 0.3) is 5.69 Å². The number of hydrogen-bond donors (Lipinski definition) is 1. The predicted molar refractivity (Wildman–Crippen MR) is 104 cm³/mol. The quantitative estimate of drug-likeness (QED) is 0.217. The number of ketones is 1. The molecule has 2 N–H and O–H groups in total. The number of carbonyl (C=O) groups excluding carboxylic acids is 2. The number of rotatable bonds is 9. The highest BCUT2D eigenvalue weighted by atomic mass is 16.6. The molecule has 0 heterocycles. The molecule has 1 aromatic carbocycles. The Morgan fingerprint density at radius 1 is 1.31 bits per heavy atom. The van der Waals surface area contributed by atoms with Crippen LogP contribution in [-0.2, 0) is 4.74 Å². The van der Waals surface area contributed by atoms with E-state index in [2.05, 4.69) is 0 Å². The zero-order chi connectivity index (χ0) is 21.8. The van der Waals surface area contributed by atoms with Crippen molar-refractivity contribution in [1.29, 1.82) is 0 Å². The van der Waals surface area contributed by atoms with Gasteiger partial charge in [-0.05, 0) is 19.8 Å². The molecule has 1 saturated carbocycles. The van der Waals surface area contributed by atoms with Gasteiger partial charge in [0.1, 0.15) is 18.4 Å². The van der Waals surface area contributed by atoms with Gasteiger partial charge in [-0.2, -0.15) is 4.79 Å². The van der Waals surface area contributed by atoms with Crippen LogP contribution in [-0.4, -0.2) is 61.2 Å². The smallest absolute Gasteiger partial charge is 0.493 e. The minimum atomic E-state index is -0.673. The van der Waals surface area contributed by atoms with Crippen LogP contribution in [0.1, 0.15) is 30.1 Å². The van der Waals surface area contributed by atoms with Crippen molar-refractivity contribution in [2.75, 3.05) is 34.4 Å². The fourth-order valence-electron chi connectivity index (χ4n) is 2.39. The fraction of sp³-hybridized carbons (Fsp3) is 0.474. The van der Waals surface area contributed by atoms with Gasteiger partial charge in [-0.1, -0.05) is 0 Å². The Kier molecular flexibility index (Phi) is 6.60. The van der Waals surface area contributed by atoms with Crippen LogP contribution in [0, 0.1) is 10.1 Å². The standard InChI is InChI=1S/C19H26N3O7/c1-5-28-18(24)22(2,3)9-6-15(23)13-10-16(27-4)17(11-14(13)21(25)26)29-12-19(20)7-8-19/h6,9-11H,5,7-8,12,20H2,1-4H3/q+1. The topological polar surface area (TPSA) is 131 Å². The number of nitro benzene ring substituents is 1. The largest absolute Gasteiger partial charge is 0.520 e. The van der Waals surface area contributed by atoms with E-state index in [1.54, 1.807) is 6.92 Å². The maximum atomic E-state index is 12.6. The molecule has 1 amide bonds. The Hall–Kier alpha value is -2.98. The third-order valence-electron chi connectivity index (χ3n) is 4.49. The number of nitrogens with zero attached hydrogens (tertiary/aromatic N) is 2. The van der Waals surface area contributed by atoms with Crippen molar-refractivity contribution in [2.45, 2.75) is 25.3 Å². The van der Waals surface area contributed by atoms with E-state index >= 15 is 0 Å². The van der Waals surface area contributed by atoms with Crippen LogP contribution < -0.4 is 15.2 Å². The SMILES string of the molecule is CCOC(=O)[N+](C)(C)C=CC(=O)c1cc(OC)c(OCC2(N)CC2)cc1[N+](=O)[O-]. The van der Waals surface area contributed by atoms with Gasteiger partial charge in [0.15, 0.2) is 17.3 Å². The second-order valence-electron chi connectivity index (χ2n) is 7.35. The van der Waals surface area contributed by atoms with Crippen LogP contribution in [0.25, 0.3) is 0 Å². The van der Waals surface area contributed by atoms with E-state index in [4.69, 9.17) is 19.9 Å². The number of benzene rings is 1. The summed E-state index contributed by atoms with van der Waals surface area (Å²) in [5, 5.41) is 11.5. The summed E-state index contributed by atoms with van der Waals surface area (Å²) in [5.74, 6) is -0.343. The van der Waals surface area contributed by atoms with Gasteiger partial charge in [-0.3, -0.25) is 14.9 Å². The highest BCUT2D eigenvalue weighted by Crippen LogP contribution is 2.38. The summed E-state index contributed by atoms with van der Waals surface area (Å²) in [6.07, 6.45) is 3.45. The first-order valence-electron chi connectivity index (χ1n) is 9.05. The first kappa shape index (κ1) is 22.3. The molecule has 0 saturated heterocycles. The number of quaternary nitrogens is 1. The van der Waals surface area contributed by atoms with E-state index in [9.17, 15) is 19.7 Å². The molecule has 0 atom stereocenters. The van der Waals surface area contributed by atoms with Crippen molar-refractivity contribution in [2.24, 2.45) is 5.73 Å². The van der Waals surface area contributed by atoms with Gasteiger partial charge in [-0.15, -0.1) is 0 Å². The third kappa shape index (κ3) is 5.52. The lowest BCUT2D eigenvalue weighted by Gasteiger charge is -2.19. The molecule has 1 aliphatic carbocycles. The zero-order valence-corrected chi connectivity index (χ0v) is 17.0. The first-order valence-corrected chi connectivity index (χ1v) is 9.05. The summed E-state index contributed by atoms with van der Waals surface area (Å²) in [4.78, 5) is 35.4. The molecule has 29 heavy (non-hydrogen) atoms. The average molecular weight is 408 g/mol. The number of ether oxygens (including phenoxy) is 3. The minimum absolute atomic E-state index is 0.138. The van der Waals surface area contributed by atoms with Gasteiger partial charge < -0.3 is 19.9 Å². The van der Waals surface area contributed by atoms with E-state index < -0.39 is 28.0 Å². The van der Waals surface area contributed by atoms with Crippen molar-refractivity contribution in [3.63, 3.8) is 0 Å². The van der Waals surface area contributed by atoms with Crippen LogP contribution in [0.4, 0.5) is 10.5 Å². The maximum Gasteiger partial charge on any atom is 0.520 e. The van der Waals surface area contributed by atoms with E-state index in [1.165, 1.54) is 33.5 Å². The van der Waals surface area contributed by atoms with Gasteiger partial charge >= 0.3 is 6.09 Å². The molecular formula is C19H26N3O7+. The van der Waals surface area contributed by atoms with E-state index in [1.807, 2.05) is 0 Å². The van der Waals surface area contributed by atoms with Gasteiger partial charge in [0.05, 0.1) is 44.3 Å².